The van der Waals surface area contributed by atoms with E-state index in [0.29, 0.717) is 19.6 Å². The molecule has 1 aliphatic heterocycles. The van der Waals surface area contributed by atoms with Crippen LogP contribution in [0.15, 0.2) is 36.4 Å². The first-order valence-electron chi connectivity index (χ1n) is 15.0. The zero-order chi connectivity index (χ0) is 31.2. The van der Waals surface area contributed by atoms with Crippen LogP contribution in [0.1, 0.15) is 86.0 Å². The molecular weight excluding hydrogens is 547 g/mol. The van der Waals surface area contributed by atoms with Gasteiger partial charge in [0, 0.05) is 6.54 Å². The number of likely N-dealkylation sites (tertiary alicyclic amines) is 1. The van der Waals surface area contributed by atoms with E-state index < -0.39 is 40.5 Å². The van der Waals surface area contributed by atoms with Crippen LogP contribution >= 0.6 is 0 Å². The predicted molar refractivity (Wildman–Crippen MR) is 174 cm³/mol. The smallest absolute Gasteiger partial charge is 0.410 e. The normalized spacial score (nSPS) is 20.0. The molecule has 1 amide bonds. The number of rotatable bonds is 7. The van der Waals surface area contributed by atoms with Crippen LogP contribution in [0.4, 0.5) is 4.79 Å². The Labute approximate surface area is 251 Å². The number of amides is 1. The van der Waals surface area contributed by atoms with E-state index in [9.17, 15) is 9.90 Å². The van der Waals surface area contributed by atoms with Crippen molar-refractivity contribution in [1.29, 1.82) is 0 Å². The molecule has 1 heterocycles. The number of benzene rings is 2. The highest BCUT2D eigenvalue weighted by atomic mass is 28.4. The van der Waals surface area contributed by atoms with Crippen molar-refractivity contribution in [3.05, 3.63) is 47.5 Å². The second-order valence-corrected chi connectivity index (χ2v) is 25.4. The summed E-state index contributed by atoms with van der Waals surface area (Å²) < 4.78 is 19.1. The van der Waals surface area contributed by atoms with E-state index in [-0.39, 0.29) is 16.2 Å². The lowest BCUT2D eigenvalue weighted by Gasteiger charge is -2.38. The summed E-state index contributed by atoms with van der Waals surface area (Å²) in [5, 5.41) is 14.2. The van der Waals surface area contributed by atoms with Crippen molar-refractivity contribution in [2.75, 3.05) is 6.54 Å². The maximum absolute atomic E-state index is 13.4. The fourth-order valence-corrected chi connectivity index (χ4v) is 7.09. The fraction of sp³-hybridized carbons (Fsp3) is 0.667. The van der Waals surface area contributed by atoms with Crippen LogP contribution < -0.4 is 0 Å². The first-order valence-corrected chi connectivity index (χ1v) is 20.9. The SMILES string of the molecule is CC(C)(C)OC(=O)N1C[C@H](O[Si](C)(C)C(C)(C)C)C[C@H]1C(O)c1ccc(CO[Si](C)(C)C(C)(C)C)c2ccccc12. The minimum Gasteiger partial charge on any atom is -0.444 e. The molecule has 41 heavy (non-hydrogen) atoms. The first kappa shape index (κ1) is 33.8. The Morgan fingerprint density at radius 1 is 0.902 bits per heavy atom. The highest BCUT2D eigenvalue weighted by Gasteiger charge is 2.47. The Kier molecular flexibility index (Phi) is 9.69. The maximum Gasteiger partial charge on any atom is 0.410 e. The first-order chi connectivity index (χ1) is 18.5. The average Bonchev–Trinajstić information content (AvgIpc) is 3.23. The second-order valence-electron chi connectivity index (χ2n) is 15.8. The molecule has 6 nitrogen and oxygen atoms in total. The van der Waals surface area contributed by atoms with Crippen molar-refractivity contribution in [1.82, 2.24) is 4.90 Å². The van der Waals surface area contributed by atoms with Crippen molar-refractivity contribution in [2.45, 2.75) is 135 Å². The Morgan fingerprint density at radius 2 is 1.46 bits per heavy atom. The number of hydrogen-bond donors (Lipinski definition) is 1. The molecule has 230 valence electrons. The van der Waals surface area contributed by atoms with E-state index in [1.165, 1.54) is 0 Å². The van der Waals surface area contributed by atoms with Crippen molar-refractivity contribution in [2.24, 2.45) is 0 Å². The number of fused-ring (bicyclic) bond motifs is 1. The van der Waals surface area contributed by atoms with Gasteiger partial charge >= 0.3 is 6.09 Å². The van der Waals surface area contributed by atoms with Gasteiger partial charge in [-0.3, -0.25) is 4.90 Å². The third kappa shape index (κ3) is 7.82. The highest BCUT2D eigenvalue weighted by molar-refractivity contribution is 6.74. The van der Waals surface area contributed by atoms with Gasteiger partial charge in [-0.05, 0) is 85.4 Å². The van der Waals surface area contributed by atoms with E-state index in [1.54, 1.807) is 4.90 Å². The highest BCUT2D eigenvalue weighted by Crippen LogP contribution is 2.42. The van der Waals surface area contributed by atoms with Gasteiger partial charge in [-0.25, -0.2) is 4.79 Å². The standard InChI is InChI=1S/C33H55NO5Si2/c1-31(2,3)38-30(36)34-21-24(39-41(12,13)33(7,8)9)20-28(34)29(35)27-19-18-23(25-16-14-15-17-26(25)27)22-37-40(10,11)32(4,5)6/h14-19,24,28-29,35H,20-22H2,1-13H3/t24-,28+,29?/m1/s1. The third-order valence-electron chi connectivity index (χ3n) is 9.33. The van der Waals surface area contributed by atoms with Gasteiger partial charge < -0.3 is 18.7 Å². The summed E-state index contributed by atoms with van der Waals surface area (Å²) in [6.07, 6.45) is -0.911. The number of nitrogens with zero attached hydrogens (tertiary/aromatic N) is 1. The summed E-state index contributed by atoms with van der Waals surface area (Å²) in [6.45, 7) is 28.9. The van der Waals surface area contributed by atoms with E-state index in [4.69, 9.17) is 13.6 Å². The fourth-order valence-electron chi connectivity index (χ4n) is 4.79. The van der Waals surface area contributed by atoms with E-state index >= 15 is 0 Å². The minimum absolute atomic E-state index is 0.0406. The summed E-state index contributed by atoms with van der Waals surface area (Å²) in [6, 6.07) is 11.8. The molecule has 8 heteroatoms. The van der Waals surface area contributed by atoms with Crippen molar-refractivity contribution < 1.29 is 23.5 Å². The van der Waals surface area contributed by atoms with Gasteiger partial charge in [0.05, 0.1) is 18.8 Å². The predicted octanol–water partition coefficient (Wildman–Crippen LogP) is 8.79. The lowest BCUT2D eigenvalue weighted by molar-refractivity contribution is 0.00465. The van der Waals surface area contributed by atoms with Crippen molar-refractivity contribution in [3.8, 4) is 0 Å². The second kappa shape index (κ2) is 11.8. The third-order valence-corrected chi connectivity index (χ3v) is 18.3. The van der Waals surface area contributed by atoms with E-state index in [1.807, 2.05) is 39.0 Å². The summed E-state index contributed by atoms with van der Waals surface area (Å²) >= 11 is 0. The van der Waals surface area contributed by atoms with Crippen molar-refractivity contribution >= 4 is 33.5 Å². The molecule has 0 aromatic heterocycles. The van der Waals surface area contributed by atoms with Gasteiger partial charge in [0.15, 0.2) is 16.6 Å². The number of hydrogen-bond acceptors (Lipinski definition) is 5. The average molecular weight is 602 g/mol. The van der Waals surface area contributed by atoms with Gasteiger partial charge in [0.2, 0.25) is 0 Å². The number of aliphatic hydroxyl groups excluding tert-OH is 1. The van der Waals surface area contributed by atoms with Gasteiger partial charge in [0.1, 0.15) is 11.7 Å². The Bertz CT molecular complexity index is 1220. The van der Waals surface area contributed by atoms with Gasteiger partial charge in [-0.2, -0.15) is 0 Å². The number of carbonyl (C=O) groups is 1. The van der Waals surface area contributed by atoms with E-state index in [0.717, 1.165) is 21.9 Å². The molecule has 0 spiro atoms. The topological polar surface area (TPSA) is 68.2 Å². The van der Waals surface area contributed by atoms with Crippen LogP contribution in [0.25, 0.3) is 10.8 Å². The maximum atomic E-state index is 13.4. The van der Waals surface area contributed by atoms with Gasteiger partial charge in [-0.1, -0.05) is 77.9 Å². The molecule has 1 fully saturated rings. The molecular formula is C33H55NO5Si2. The molecule has 0 saturated carbocycles. The lowest BCUT2D eigenvalue weighted by Crippen LogP contribution is -2.45. The monoisotopic (exact) mass is 601 g/mol. The number of aliphatic hydroxyl groups is 1. The molecule has 0 bridgehead atoms. The number of ether oxygens (including phenoxy) is 1. The quantitative estimate of drug-likeness (QED) is 0.321. The molecule has 0 aliphatic carbocycles. The van der Waals surface area contributed by atoms with Gasteiger partial charge in [-0.15, -0.1) is 0 Å². The molecule has 1 unspecified atom stereocenters. The summed E-state index contributed by atoms with van der Waals surface area (Å²) in [4.78, 5) is 15.1. The number of carbonyl (C=O) groups excluding carboxylic acids is 1. The van der Waals surface area contributed by atoms with Crippen LogP contribution in [-0.2, 0) is 20.2 Å². The Hall–Kier alpha value is -1.72. The molecule has 1 saturated heterocycles. The van der Waals surface area contributed by atoms with Gasteiger partial charge in [0.25, 0.3) is 0 Å². The molecule has 2 aromatic carbocycles. The Morgan fingerprint density at radius 3 is 2.00 bits per heavy atom. The van der Waals surface area contributed by atoms with Crippen LogP contribution in [0.5, 0.6) is 0 Å². The lowest BCUT2D eigenvalue weighted by atomic mass is 9.92. The molecule has 3 rings (SSSR count). The van der Waals surface area contributed by atoms with Crippen LogP contribution in [-0.4, -0.2) is 57.0 Å². The molecule has 1 N–H and O–H groups in total. The zero-order valence-electron chi connectivity index (χ0n) is 27.8. The largest absolute Gasteiger partial charge is 0.444 e. The summed E-state index contributed by atoms with van der Waals surface area (Å²) in [5.41, 5.74) is 1.28. The van der Waals surface area contributed by atoms with Crippen molar-refractivity contribution in [3.63, 3.8) is 0 Å². The Balaban J connectivity index is 1.97. The molecule has 2 aromatic rings. The minimum atomic E-state index is -2.09. The van der Waals surface area contributed by atoms with Crippen LogP contribution in [0.3, 0.4) is 0 Å². The summed E-state index contributed by atoms with van der Waals surface area (Å²) in [5.74, 6) is 0. The zero-order valence-corrected chi connectivity index (χ0v) is 29.8. The van der Waals surface area contributed by atoms with Crippen LogP contribution in [0.2, 0.25) is 36.3 Å². The molecule has 1 aliphatic rings. The summed E-state index contributed by atoms with van der Waals surface area (Å²) in [7, 11) is -4.02. The molecule has 0 radical (unpaired) electrons. The molecule has 3 atom stereocenters. The van der Waals surface area contributed by atoms with E-state index in [2.05, 4.69) is 85.9 Å². The van der Waals surface area contributed by atoms with Crippen LogP contribution in [0, 0.1) is 0 Å².